The number of hydrogen-bond acceptors (Lipinski definition) is 4. The van der Waals surface area contributed by atoms with Crippen LogP contribution in [-0.4, -0.2) is 27.5 Å². The van der Waals surface area contributed by atoms with E-state index >= 15 is 0 Å². The van der Waals surface area contributed by atoms with Gasteiger partial charge in [-0.15, -0.1) is 0 Å². The first-order chi connectivity index (χ1) is 7.99. The second-order valence-electron chi connectivity index (χ2n) is 4.12. The van der Waals surface area contributed by atoms with Crippen molar-refractivity contribution in [3.63, 3.8) is 0 Å². The van der Waals surface area contributed by atoms with E-state index in [0.717, 1.165) is 11.0 Å². The summed E-state index contributed by atoms with van der Waals surface area (Å²) in [5.74, 6) is 0.683. The highest BCUT2D eigenvalue weighted by Gasteiger charge is 2.19. The number of hydrogen-bond donors (Lipinski definition) is 1. The van der Waals surface area contributed by atoms with Crippen molar-refractivity contribution in [1.29, 1.82) is 0 Å². The molecule has 4 nitrogen and oxygen atoms in total. The Bertz CT molecular complexity index is 582. The van der Waals surface area contributed by atoms with Crippen LogP contribution in [-0.2, 0) is 9.84 Å². The molecule has 0 aliphatic rings. The lowest BCUT2D eigenvalue weighted by molar-refractivity contribution is 0.472. The number of benzene rings is 1. The van der Waals surface area contributed by atoms with Crippen molar-refractivity contribution in [3.8, 4) is 0 Å². The van der Waals surface area contributed by atoms with Crippen LogP contribution in [0.1, 0.15) is 11.8 Å². The zero-order chi connectivity index (χ0) is 12.5. The molecule has 5 heteroatoms. The van der Waals surface area contributed by atoms with Gasteiger partial charge >= 0.3 is 0 Å². The van der Waals surface area contributed by atoms with Crippen molar-refractivity contribution in [3.05, 3.63) is 36.1 Å². The van der Waals surface area contributed by atoms with Gasteiger partial charge in [0.25, 0.3) is 0 Å². The van der Waals surface area contributed by atoms with Crippen molar-refractivity contribution in [2.24, 2.45) is 0 Å². The minimum Gasteiger partial charge on any atom is -0.459 e. The number of nitrogens with one attached hydrogen (secondary N) is 1. The fourth-order valence-corrected chi connectivity index (χ4v) is 2.72. The number of para-hydroxylation sites is 1. The third-order valence-corrected chi connectivity index (χ3v) is 3.54. The van der Waals surface area contributed by atoms with Gasteiger partial charge in [0.15, 0.2) is 0 Å². The van der Waals surface area contributed by atoms with Crippen LogP contribution in [0, 0.1) is 0 Å². The third-order valence-electron chi connectivity index (χ3n) is 2.61. The molecule has 1 aromatic heterocycles. The second-order valence-corrected chi connectivity index (χ2v) is 6.31. The molecular weight excluding hydrogens is 238 g/mol. The maximum Gasteiger partial charge on any atom is 0.149 e. The van der Waals surface area contributed by atoms with Crippen LogP contribution in [0.2, 0.25) is 0 Å². The van der Waals surface area contributed by atoms with E-state index in [4.69, 9.17) is 4.42 Å². The first-order valence-corrected chi connectivity index (χ1v) is 7.39. The molecule has 0 bridgehead atoms. The number of fused-ring (bicyclic) bond motifs is 1. The molecule has 92 valence electrons. The Morgan fingerprint density at radius 2 is 2.06 bits per heavy atom. The SMILES string of the molecule is CNC(CS(C)(=O)=O)c1cc2ccccc2o1. The van der Waals surface area contributed by atoms with Crippen LogP contribution in [0.3, 0.4) is 0 Å². The molecule has 0 amide bonds. The average molecular weight is 253 g/mol. The minimum atomic E-state index is -3.04. The van der Waals surface area contributed by atoms with Gasteiger partial charge in [-0.1, -0.05) is 18.2 Å². The summed E-state index contributed by atoms with van der Waals surface area (Å²) in [4.78, 5) is 0. The molecule has 17 heavy (non-hydrogen) atoms. The van der Waals surface area contributed by atoms with Crippen LogP contribution >= 0.6 is 0 Å². The molecule has 1 aromatic carbocycles. The van der Waals surface area contributed by atoms with E-state index in [1.54, 1.807) is 7.05 Å². The Labute approximate surface area is 101 Å². The predicted octanol–water partition coefficient (Wildman–Crippen LogP) is 1.74. The topological polar surface area (TPSA) is 59.3 Å². The summed E-state index contributed by atoms with van der Waals surface area (Å²) in [6, 6.07) is 9.19. The summed E-state index contributed by atoms with van der Waals surface area (Å²) in [5.41, 5.74) is 0.774. The van der Waals surface area contributed by atoms with E-state index in [1.165, 1.54) is 6.26 Å². The van der Waals surface area contributed by atoms with Crippen molar-refractivity contribution < 1.29 is 12.8 Å². The fraction of sp³-hybridized carbons (Fsp3) is 0.333. The van der Waals surface area contributed by atoms with Crippen LogP contribution in [0.15, 0.2) is 34.7 Å². The monoisotopic (exact) mass is 253 g/mol. The Balaban J connectivity index is 2.36. The van der Waals surface area contributed by atoms with E-state index in [2.05, 4.69) is 5.32 Å². The molecule has 1 atom stereocenters. The van der Waals surface area contributed by atoms with Gasteiger partial charge in [0.05, 0.1) is 11.8 Å². The highest BCUT2D eigenvalue weighted by Crippen LogP contribution is 2.24. The Kier molecular flexibility index (Phi) is 3.22. The van der Waals surface area contributed by atoms with Crippen LogP contribution in [0.25, 0.3) is 11.0 Å². The fourth-order valence-electron chi connectivity index (χ4n) is 1.78. The summed E-state index contributed by atoms with van der Waals surface area (Å²) >= 11 is 0. The Morgan fingerprint density at radius 3 is 2.65 bits per heavy atom. The molecular formula is C12H15NO3S. The zero-order valence-corrected chi connectivity index (χ0v) is 10.6. The molecule has 0 saturated heterocycles. The number of furan rings is 1. The van der Waals surface area contributed by atoms with Gasteiger partial charge in [-0.25, -0.2) is 8.42 Å². The summed E-state index contributed by atoms with van der Waals surface area (Å²) < 4.78 is 28.3. The second kappa shape index (κ2) is 4.50. The highest BCUT2D eigenvalue weighted by molar-refractivity contribution is 7.90. The van der Waals surface area contributed by atoms with E-state index < -0.39 is 9.84 Å². The molecule has 2 rings (SSSR count). The van der Waals surface area contributed by atoms with Gasteiger partial charge < -0.3 is 9.73 Å². The van der Waals surface area contributed by atoms with Gasteiger partial charge in [0, 0.05) is 11.6 Å². The summed E-state index contributed by atoms with van der Waals surface area (Å²) in [6.45, 7) is 0. The summed E-state index contributed by atoms with van der Waals surface area (Å²) in [6.07, 6.45) is 1.22. The van der Waals surface area contributed by atoms with Gasteiger partial charge in [0.2, 0.25) is 0 Å². The van der Waals surface area contributed by atoms with Gasteiger partial charge in [-0.05, 0) is 19.2 Å². The molecule has 1 unspecified atom stereocenters. The highest BCUT2D eigenvalue weighted by atomic mass is 32.2. The van der Waals surface area contributed by atoms with Gasteiger partial charge in [-0.2, -0.15) is 0 Å². The quantitative estimate of drug-likeness (QED) is 0.901. The molecule has 1 heterocycles. The van der Waals surface area contributed by atoms with E-state index in [-0.39, 0.29) is 11.8 Å². The Morgan fingerprint density at radius 1 is 1.35 bits per heavy atom. The van der Waals surface area contributed by atoms with E-state index in [0.29, 0.717) is 5.76 Å². The molecule has 0 saturated carbocycles. The van der Waals surface area contributed by atoms with Crippen molar-refractivity contribution in [1.82, 2.24) is 5.32 Å². The van der Waals surface area contributed by atoms with E-state index in [1.807, 2.05) is 30.3 Å². The first-order valence-electron chi connectivity index (χ1n) is 5.33. The zero-order valence-electron chi connectivity index (χ0n) is 9.80. The lowest BCUT2D eigenvalue weighted by atomic mass is 10.2. The van der Waals surface area contributed by atoms with Crippen molar-refractivity contribution in [2.75, 3.05) is 19.1 Å². The Hall–Kier alpha value is -1.33. The lowest BCUT2D eigenvalue weighted by Gasteiger charge is -2.11. The molecule has 0 aliphatic heterocycles. The van der Waals surface area contributed by atoms with Crippen molar-refractivity contribution >= 4 is 20.8 Å². The maximum atomic E-state index is 11.3. The third kappa shape index (κ3) is 2.87. The normalized spacial score (nSPS) is 14.0. The number of rotatable bonds is 4. The molecule has 0 fully saturated rings. The molecule has 0 aliphatic carbocycles. The standard InChI is InChI=1S/C12H15NO3S/c1-13-10(8-17(2,14)15)12-7-9-5-3-4-6-11(9)16-12/h3-7,10,13H,8H2,1-2H3. The minimum absolute atomic E-state index is 0.0311. The average Bonchev–Trinajstić information content (AvgIpc) is 2.67. The first kappa shape index (κ1) is 12.1. The smallest absolute Gasteiger partial charge is 0.149 e. The van der Waals surface area contributed by atoms with Gasteiger partial charge in [0.1, 0.15) is 21.2 Å². The summed E-state index contributed by atoms with van der Waals surface area (Å²) in [7, 11) is -1.32. The lowest BCUT2D eigenvalue weighted by Crippen LogP contribution is -2.24. The van der Waals surface area contributed by atoms with Crippen LogP contribution in [0.4, 0.5) is 0 Å². The van der Waals surface area contributed by atoms with E-state index in [9.17, 15) is 8.42 Å². The molecule has 2 aromatic rings. The van der Waals surface area contributed by atoms with Crippen LogP contribution in [0.5, 0.6) is 0 Å². The molecule has 1 N–H and O–H groups in total. The van der Waals surface area contributed by atoms with Crippen LogP contribution < -0.4 is 5.32 Å². The van der Waals surface area contributed by atoms with Gasteiger partial charge in [-0.3, -0.25) is 0 Å². The largest absolute Gasteiger partial charge is 0.459 e. The molecule has 0 spiro atoms. The summed E-state index contributed by atoms with van der Waals surface area (Å²) in [5, 5.41) is 3.95. The van der Waals surface area contributed by atoms with Crippen molar-refractivity contribution in [2.45, 2.75) is 6.04 Å². The molecule has 0 radical (unpaired) electrons. The number of sulfone groups is 1. The predicted molar refractivity (Wildman–Crippen MR) is 67.7 cm³/mol. The maximum absolute atomic E-state index is 11.3.